The highest BCUT2D eigenvalue weighted by atomic mass is 32.2. The fourth-order valence-electron chi connectivity index (χ4n) is 3.17. The zero-order chi connectivity index (χ0) is 21.7. The van der Waals surface area contributed by atoms with E-state index in [0.717, 1.165) is 12.8 Å². The summed E-state index contributed by atoms with van der Waals surface area (Å²) in [6, 6.07) is 10.2. The molecule has 30 heavy (non-hydrogen) atoms. The lowest BCUT2D eigenvalue weighted by Gasteiger charge is -2.15. The van der Waals surface area contributed by atoms with Crippen LogP contribution in [-0.4, -0.2) is 45.3 Å². The Hall–Kier alpha value is -2.78. The maximum absolute atomic E-state index is 12.7. The second kappa shape index (κ2) is 9.36. The summed E-state index contributed by atoms with van der Waals surface area (Å²) >= 11 is 0. The number of sulfonamides is 1. The molecule has 6 nitrogen and oxygen atoms in total. The number of ketones is 1. The molecule has 0 bridgehead atoms. The fourth-order valence-corrected chi connectivity index (χ4v) is 4.69. The first-order chi connectivity index (χ1) is 14.3. The molecule has 0 amide bonds. The summed E-state index contributed by atoms with van der Waals surface area (Å²) in [5, 5.41) is 0. The lowest BCUT2D eigenvalue weighted by atomic mass is 10.1. The van der Waals surface area contributed by atoms with Gasteiger partial charge in [0.1, 0.15) is 0 Å². The number of rotatable bonds is 8. The van der Waals surface area contributed by atoms with Crippen LogP contribution in [0.1, 0.15) is 28.8 Å². The molecule has 0 saturated carbocycles. The van der Waals surface area contributed by atoms with Crippen LogP contribution in [0.15, 0.2) is 53.4 Å². The van der Waals surface area contributed by atoms with Gasteiger partial charge in [-0.2, -0.15) is 13.1 Å². The van der Waals surface area contributed by atoms with Gasteiger partial charge in [0, 0.05) is 24.2 Å². The molecule has 3 rings (SSSR count). The van der Waals surface area contributed by atoms with Crippen LogP contribution < -0.4 is 9.47 Å². The molecule has 1 aliphatic rings. The topological polar surface area (TPSA) is 72.9 Å². The molecule has 160 valence electrons. The normalized spacial score (nSPS) is 15.1. The minimum Gasteiger partial charge on any atom is -0.493 e. The largest absolute Gasteiger partial charge is 0.493 e. The molecule has 1 fully saturated rings. The molecule has 2 aromatic rings. The average Bonchev–Trinajstić information content (AvgIpc) is 3.28. The summed E-state index contributed by atoms with van der Waals surface area (Å²) in [6.45, 7) is -2.06. The van der Waals surface area contributed by atoms with Crippen molar-refractivity contribution < 1.29 is 31.5 Å². The number of halogens is 2. The summed E-state index contributed by atoms with van der Waals surface area (Å²) in [4.78, 5) is 12.6. The van der Waals surface area contributed by atoms with Crippen LogP contribution in [0.2, 0.25) is 0 Å². The van der Waals surface area contributed by atoms with Gasteiger partial charge in [-0.25, -0.2) is 8.42 Å². The maximum Gasteiger partial charge on any atom is 0.387 e. The molecule has 0 spiro atoms. The molecule has 0 aliphatic carbocycles. The number of alkyl halides is 2. The first-order valence-corrected chi connectivity index (χ1v) is 10.7. The smallest absolute Gasteiger partial charge is 0.387 e. The van der Waals surface area contributed by atoms with Gasteiger partial charge in [0.15, 0.2) is 17.3 Å². The second-order valence-corrected chi connectivity index (χ2v) is 8.53. The predicted octanol–water partition coefficient (Wildman–Crippen LogP) is 3.98. The third-order valence-electron chi connectivity index (χ3n) is 4.69. The lowest BCUT2D eigenvalue weighted by molar-refractivity contribution is -0.0513. The Morgan fingerprint density at radius 1 is 1.10 bits per heavy atom. The molecule has 1 aliphatic heterocycles. The van der Waals surface area contributed by atoms with Gasteiger partial charge in [-0.3, -0.25) is 4.79 Å². The first-order valence-electron chi connectivity index (χ1n) is 9.27. The van der Waals surface area contributed by atoms with Crippen molar-refractivity contribution in [3.8, 4) is 11.5 Å². The van der Waals surface area contributed by atoms with E-state index in [2.05, 4.69) is 4.74 Å². The van der Waals surface area contributed by atoms with Crippen molar-refractivity contribution in [1.82, 2.24) is 4.31 Å². The lowest BCUT2D eigenvalue weighted by Crippen LogP contribution is -2.27. The summed E-state index contributed by atoms with van der Waals surface area (Å²) in [5.74, 6) is -0.474. The van der Waals surface area contributed by atoms with E-state index in [9.17, 15) is 22.0 Å². The fraction of sp³-hybridized carbons (Fsp3) is 0.286. The van der Waals surface area contributed by atoms with Gasteiger partial charge in [-0.05, 0) is 55.3 Å². The Labute approximate surface area is 173 Å². The number of carbonyl (C=O) groups excluding carboxylic acids is 1. The van der Waals surface area contributed by atoms with Crippen molar-refractivity contribution in [2.75, 3.05) is 20.2 Å². The molecule has 0 unspecified atom stereocenters. The van der Waals surface area contributed by atoms with Crippen LogP contribution in [-0.2, 0) is 10.0 Å². The quantitative estimate of drug-likeness (QED) is 0.462. The number of hydrogen-bond acceptors (Lipinski definition) is 5. The Kier molecular flexibility index (Phi) is 6.84. The van der Waals surface area contributed by atoms with Crippen LogP contribution in [0.4, 0.5) is 8.78 Å². The molecule has 0 N–H and O–H groups in total. The van der Waals surface area contributed by atoms with Crippen molar-refractivity contribution in [2.24, 2.45) is 0 Å². The Balaban J connectivity index is 1.79. The van der Waals surface area contributed by atoms with E-state index < -0.39 is 22.4 Å². The van der Waals surface area contributed by atoms with Crippen molar-refractivity contribution in [2.45, 2.75) is 24.3 Å². The SMILES string of the molecule is COc1cccc(/C=C/C(=O)c2ccc(S(=O)(=O)N3CCCC3)cc2)c1OC(F)F. The second-order valence-electron chi connectivity index (χ2n) is 6.59. The molecule has 1 heterocycles. The number of allylic oxidation sites excluding steroid dienone is 1. The summed E-state index contributed by atoms with van der Waals surface area (Å²) < 4.78 is 61.5. The predicted molar refractivity (Wildman–Crippen MR) is 107 cm³/mol. The highest BCUT2D eigenvalue weighted by molar-refractivity contribution is 7.89. The number of hydrogen-bond donors (Lipinski definition) is 0. The van der Waals surface area contributed by atoms with Crippen LogP contribution in [0.5, 0.6) is 11.5 Å². The van der Waals surface area contributed by atoms with Crippen LogP contribution >= 0.6 is 0 Å². The minimum atomic E-state index is -3.56. The molecule has 9 heteroatoms. The average molecular weight is 437 g/mol. The molecular formula is C21H21F2NO5S. The molecular weight excluding hydrogens is 416 g/mol. The Bertz CT molecular complexity index is 1030. The van der Waals surface area contributed by atoms with E-state index in [1.54, 1.807) is 6.07 Å². The number of nitrogens with zero attached hydrogens (tertiary/aromatic N) is 1. The molecule has 0 aromatic heterocycles. The van der Waals surface area contributed by atoms with Crippen LogP contribution in [0.3, 0.4) is 0 Å². The van der Waals surface area contributed by atoms with E-state index >= 15 is 0 Å². The summed E-state index contributed by atoms with van der Waals surface area (Å²) in [5.41, 5.74) is 0.516. The van der Waals surface area contributed by atoms with E-state index in [4.69, 9.17) is 4.74 Å². The van der Waals surface area contributed by atoms with Crippen molar-refractivity contribution in [1.29, 1.82) is 0 Å². The van der Waals surface area contributed by atoms with Gasteiger partial charge in [0.2, 0.25) is 10.0 Å². The molecule has 1 saturated heterocycles. The third-order valence-corrected chi connectivity index (χ3v) is 6.60. The number of methoxy groups -OCH3 is 1. The highest BCUT2D eigenvalue weighted by Crippen LogP contribution is 2.33. The van der Waals surface area contributed by atoms with E-state index in [1.165, 1.54) is 60.0 Å². The van der Waals surface area contributed by atoms with Gasteiger partial charge in [-0.15, -0.1) is 0 Å². The van der Waals surface area contributed by atoms with Gasteiger partial charge in [-0.1, -0.05) is 12.1 Å². The monoisotopic (exact) mass is 437 g/mol. The van der Waals surface area contributed by atoms with Gasteiger partial charge < -0.3 is 9.47 Å². The number of benzene rings is 2. The van der Waals surface area contributed by atoms with E-state index in [1.807, 2.05) is 0 Å². The Morgan fingerprint density at radius 3 is 2.37 bits per heavy atom. The molecule has 0 radical (unpaired) electrons. The zero-order valence-electron chi connectivity index (χ0n) is 16.3. The minimum absolute atomic E-state index is 0.112. The van der Waals surface area contributed by atoms with E-state index in [0.29, 0.717) is 13.1 Å². The van der Waals surface area contributed by atoms with Crippen LogP contribution in [0, 0.1) is 0 Å². The number of ether oxygens (including phenoxy) is 2. The van der Waals surface area contributed by atoms with Gasteiger partial charge in [0.05, 0.1) is 12.0 Å². The molecule has 0 atom stereocenters. The van der Waals surface area contributed by atoms with Gasteiger partial charge >= 0.3 is 6.61 Å². The summed E-state index contributed by atoms with van der Waals surface area (Å²) in [7, 11) is -2.24. The van der Waals surface area contributed by atoms with Crippen molar-refractivity contribution >= 4 is 21.9 Å². The number of para-hydroxylation sites is 1. The third kappa shape index (κ3) is 4.85. The Morgan fingerprint density at radius 2 is 1.77 bits per heavy atom. The number of carbonyl (C=O) groups is 1. The van der Waals surface area contributed by atoms with Crippen LogP contribution in [0.25, 0.3) is 6.08 Å². The first kappa shape index (κ1) is 21.9. The highest BCUT2D eigenvalue weighted by Gasteiger charge is 2.27. The van der Waals surface area contributed by atoms with Crippen molar-refractivity contribution in [3.05, 3.63) is 59.7 Å². The maximum atomic E-state index is 12.7. The summed E-state index contributed by atoms with van der Waals surface area (Å²) in [6.07, 6.45) is 4.22. The standard InChI is InChI=1S/C21H21F2NO5S/c1-28-19-6-4-5-16(20(19)29-21(22)23)9-12-18(25)15-7-10-17(11-8-15)30(26,27)24-13-2-3-14-24/h4-12,21H,2-3,13-14H2,1H3/b12-9+. The van der Waals surface area contributed by atoms with Crippen molar-refractivity contribution in [3.63, 3.8) is 0 Å². The van der Waals surface area contributed by atoms with Gasteiger partial charge in [0.25, 0.3) is 0 Å². The molecule has 2 aromatic carbocycles. The van der Waals surface area contributed by atoms with E-state index in [-0.39, 0.29) is 27.5 Å². The zero-order valence-corrected chi connectivity index (χ0v) is 17.1.